The topological polar surface area (TPSA) is 84.2 Å². The SMILES string of the molecule is CC(=O)NC1(c2nc(C)no2)CCN(c2ncccc2Cl)C1. The fourth-order valence-corrected chi connectivity index (χ4v) is 3.00. The molecule has 0 aliphatic carbocycles. The molecule has 1 unspecified atom stereocenters. The molecule has 1 fully saturated rings. The minimum atomic E-state index is -0.714. The highest BCUT2D eigenvalue weighted by Gasteiger charge is 2.45. The maximum absolute atomic E-state index is 11.6. The first-order valence-corrected chi connectivity index (χ1v) is 7.33. The van der Waals surface area contributed by atoms with Crippen LogP contribution in [-0.2, 0) is 10.3 Å². The van der Waals surface area contributed by atoms with E-state index in [-0.39, 0.29) is 5.91 Å². The second-order valence-corrected chi connectivity index (χ2v) is 5.80. The van der Waals surface area contributed by atoms with Crippen molar-refractivity contribution in [3.8, 4) is 0 Å². The largest absolute Gasteiger partial charge is 0.352 e. The van der Waals surface area contributed by atoms with Crippen molar-refractivity contribution in [2.45, 2.75) is 25.8 Å². The molecular weight excluding hydrogens is 306 g/mol. The van der Waals surface area contributed by atoms with Crippen LogP contribution in [0, 0.1) is 6.92 Å². The van der Waals surface area contributed by atoms with Gasteiger partial charge in [0.2, 0.25) is 5.91 Å². The molecule has 1 N–H and O–H groups in total. The number of hydrogen-bond acceptors (Lipinski definition) is 6. The van der Waals surface area contributed by atoms with Crippen LogP contribution in [0.2, 0.25) is 5.02 Å². The second kappa shape index (κ2) is 5.57. The quantitative estimate of drug-likeness (QED) is 0.925. The Bertz CT molecular complexity index is 704. The van der Waals surface area contributed by atoms with Crippen molar-refractivity contribution in [1.82, 2.24) is 20.4 Å². The van der Waals surface area contributed by atoms with Gasteiger partial charge in [0.15, 0.2) is 5.82 Å². The Hall–Kier alpha value is -2.15. The van der Waals surface area contributed by atoms with Crippen molar-refractivity contribution in [3.63, 3.8) is 0 Å². The molecule has 0 aromatic carbocycles. The van der Waals surface area contributed by atoms with Crippen LogP contribution in [0.1, 0.15) is 25.1 Å². The maximum Gasteiger partial charge on any atom is 0.254 e. The van der Waals surface area contributed by atoms with Crippen molar-refractivity contribution in [2.24, 2.45) is 0 Å². The third-order valence-electron chi connectivity index (χ3n) is 3.66. The molecule has 1 aliphatic rings. The molecule has 1 amide bonds. The summed E-state index contributed by atoms with van der Waals surface area (Å²) in [5.74, 6) is 1.49. The number of amides is 1. The second-order valence-electron chi connectivity index (χ2n) is 5.39. The lowest BCUT2D eigenvalue weighted by atomic mass is 9.98. The van der Waals surface area contributed by atoms with Crippen LogP contribution >= 0.6 is 11.6 Å². The summed E-state index contributed by atoms with van der Waals surface area (Å²) in [6.07, 6.45) is 2.33. The third kappa shape index (κ3) is 2.64. The van der Waals surface area contributed by atoms with Gasteiger partial charge in [-0.1, -0.05) is 16.8 Å². The van der Waals surface area contributed by atoms with Crippen molar-refractivity contribution in [1.29, 1.82) is 0 Å². The van der Waals surface area contributed by atoms with Gasteiger partial charge in [0, 0.05) is 19.7 Å². The first-order chi connectivity index (χ1) is 10.5. The van der Waals surface area contributed by atoms with E-state index >= 15 is 0 Å². The Morgan fingerprint density at radius 2 is 2.36 bits per heavy atom. The van der Waals surface area contributed by atoms with Gasteiger partial charge in [-0.2, -0.15) is 4.98 Å². The van der Waals surface area contributed by atoms with Crippen LogP contribution in [0.25, 0.3) is 0 Å². The zero-order valence-electron chi connectivity index (χ0n) is 12.3. The number of carbonyl (C=O) groups is 1. The highest BCUT2D eigenvalue weighted by Crippen LogP contribution is 2.35. The summed E-state index contributed by atoms with van der Waals surface area (Å²) in [5, 5.41) is 7.36. The van der Waals surface area contributed by atoms with E-state index in [2.05, 4.69) is 20.4 Å². The average molecular weight is 322 g/mol. The van der Waals surface area contributed by atoms with Crippen LogP contribution in [0.5, 0.6) is 0 Å². The fraction of sp³-hybridized carbons (Fsp3) is 0.429. The van der Waals surface area contributed by atoms with E-state index in [9.17, 15) is 4.79 Å². The highest BCUT2D eigenvalue weighted by atomic mass is 35.5. The van der Waals surface area contributed by atoms with E-state index in [0.29, 0.717) is 42.1 Å². The molecule has 2 aromatic rings. The van der Waals surface area contributed by atoms with Gasteiger partial charge in [-0.05, 0) is 25.5 Å². The maximum atomic E-state index is 11.6. The number of hydrogen-bond donors (Lipinski definition) is 1. The zero-order valence-corrected chi connectivity index (χ0v) is 13.1. The number of anilines is 1. The molecule has 1 saturated heterocycles. The van der Waals surface area contributed by atoms with Crippen LogP contribution in [0.4, 0.5) is 5.82 Å². The van der Waals surface area contributed by atoms with Crippen molar-refractivity contribution >= 4 is 23.3 Å². The molecule has 22 heavy (non-hydrogen) atoms. The molecule has 1 atom stereocenters. The van der Waals surface area contributed by atoms with Gasteiger partial charge in [0.1, 0.15) is 11.4 Å². The summed E-state index contributed by atoms with van der Waals surface area (Å²) in [7, 11) is 0. The summed E-state index contributed by atoms with van der Waals surface area (Å²) in [6, 6.07) is 3.57. The summed E-state index contributed by atoms with van der Waals surface area (Å²) >= 11 is 6.21. The number of rotatable bonds is 3. The lowest BCUT2D eigenvalue weighted by Crippen LogP contribution is -2.47. The van der Waals surface area contributed by atoms with Gasteiger partial charge < -0.3 is 14.7 Å². The highest BCUT2D eigenvalue weighted by molar-refractivity contribution is 6.32. The number of aryl methyl sites for hydroxylation is 1. The summed E-state index contributed by atoms with van der Waals surface area (Å²) < 4.78 is 5.31. The number of nitrogens with one attached hydrogen (secondary N) is 1. The number of halogens is 1. The Balaban J connectivity index is 1.93. The van der Waals surface area contributed by atoms with E-state index in [1.54, 1.807) is 25.3 Å². The molecule has 3 rings (SSSR count). The molecule has 0 bridgehead atoms. The van der Waals surface area contributed by atoms with Gasteiger partial charge in [-0.15, -0.1) is 0 Å². The molecule has 0 saturated carbocycles. The molecule has 7 nitrogen and oxygen atoms in total. The van der Waals surface area contributed by atoms with E-state index in [4.69, 9.17) is 16.1 Å². The molecule has 3 heterocycles. The predicted octanol–water partition coefficient (Wildman–Crippen LogP) is 1.67. The first-order valence-electron chi connectivity index (χ1n) is 6.95. The molecule has 0 spiro atoms. The average Bonchev–Trinajstić information content (AvgIpc) is 3.06. The molecule has 0 radical (unpaired) electrons. The standard InChI is InChI=1S/C14H16ClN5O2/c1-9-17-13(22-19-9)14(18-10(2)21)5-7-20(8-14)12-11(15)4-3-6-16-12/h3-4,6H,5,7-8H2,1-2H3,(H,18,21). The van der Waals surface area contributed by atoms with Crippen molar-refractivity contribution < 1.29 is 9.32 Å². The van der Waals surface area contributed by atoms with E-state index in [0.717, 1.165) is 0 Å². The zero-order chi connectivity index (χ0) is 15.7. The lowest BCUT2D eigenvalue weighted by molar-refractivity contribution is -0.121. The smallest absolute Gasteiger partial charge is 0.254 e. The molecule has 1 aliphatic heterocycles. The monoisotopic (exact) mass is 321 g/mol. The Kier molecular flexibility index (Phi) is 3.74. The van der Waals surface area contributed by atoms with Gasteiger partial charge in [0.25, 0.3) is 5.89 Å². The Labute approximate surface area is 132 Å². The number of pyridine rings is 1. The van der Waals surface area contributed by atoms with E-state index in [1.807, 2.05) is 4.90 Å². The molecular formula is C14H16ClN5O2. The third-order valence-corrected chi connectivity index (χ3v) is 3.96. The molecule has 2 aromatic heterocycles. The summed E-state index contributed by atoms with van der Waals surface area (Å²) in [6.45, 7) is 4.38. The van der Waals surface area contributed by atoms with Crippen molar-refractivity contribution in [3.05, 3.63) is 35.1 Å². The lowest BCUT2D eigenvalue weighted by Gasteiger charge is -2.26. The number of nitrogens with zero attached hydrogens (tertiary/aromatic N) is 4. The van der Waals surface area contributed by atoms with E-state index < -0.39 is 5.54 Å². The van der Waals surface area contributed by atoms with Crippen LogP contribution < -0.4 is 10.2 Å². The normalized spacial score (nSPS) is 21.1. The Morgan fingerprint density at radius 1 is 1.55 bits per heavy atom. The Morgan fingerprint density at radius 3 is 3.00 bits per heavy atom. The summed E-state index contributed by atoms with van der Waals surface area (Å²) in [5.41, 5.74) is -0.714. The predicted molar refractivity (Wildman–Crippen MR) is 80.6 cm³/mol. The van der Waals surface area contributed by atoms with Crippen LogP contribution in [0.3, 0.4) is 0 Å². The van der Waals surface area contributed by atoms with Crippen molar-refractivity contribution in [2.75, 3.05) is 18.0 Å². The van der Waals surface area contributed by atoms with E-state index in [1.165, 1.54) is 6.92 Å². The number of aromatic nitrogens is 3. The summed E-state index contributed by atoms with van der Waals surface area (Å²) in [4.78, 5) is 22.3. The first kappa shape index (κ1) is 14.8. The van der Waals surface area contributed by atoms with Gasteiger partial charge >= 0.3 is 0 Å². The van der Waals surface area contributed by atoms with Gasteiger partial charge in [-0.25, -0.2) is 4.98 Å². The number of carbonyl (C=O) groups excluding carboxylic acids is 1. The minimum Gasteiger partial charge on any atom is -0.352 e. The molecule has 116 valence electrons. The van der Waals surface area contributed by atoms with Crippen LogP contribution in [0.15, 0.2) is 22.9 Å². The van der Waals surface area contributed by atoms with Gasteiger partial charge in [0.05, 0.1) is 11.6 Å². The fourth-order valence-electron chi connectivity index (χ4n) is 2.76. The molecule has 8 heteroatoms. The van der Waals surface area contributed by atoms with Crippen LogP contribution in [-0.4, -0.2) is 34.1 Å². The van der Waals surface area contributed by atoms with Gasteiger partial charge in [-0.3, -0.25) is 4.79 Å². The minimum absolute atomic E-state index is 0.148.